The summed E-state index contributed by atoms with van der Waals surface area (Å²) in [6.45, 7) is 1.36. The molecule has 0 unspecified atom stereocenters. The number of hydrogen-bond acceptors (Lipinski definition) is 6. The van der Waals surface area contributed by atoms with Gasteiger partial charge < -0.3 is 23.7 Å². The van der Waals surface area contributed by atoms with Gasteiger partial charge in [-0.2, -0.15) is 0 Å². The Labute approximate surface area is 149 Å². The van der Waals surface area contributed by atoms with Crippen molar-refractivity contribution in [3.05, 3.63) is 54.7 Å². The highest BCUT2D eigenvalue weighted by Crippen LogP contribution is 2.37. The maximum absolute atomic E-state index is 5.90. The van der Waals surface area contributed by atoms with Crippen molar-refractivity contribution in [3.8, 4) is 45.8 Å². The van der Waals surface area contributed by atoms with Gasteiger partial charge in [0.2, 0.25) is 12.7 Å². The van der Waals surface area contributed by atoms with E-state index in [1.807, 2.05) is 48.5 Å². The molecule has 0 saturated heterocycles. The average Bonchev–Trinajstić information content (AvgIpc) is 3.16. The van der Waals surface area contributed by atoms with E-state index in [1.165, 1.54) is 0 Å². The zero-order valence-electron chi connectivity index (χ0n) is 13.8. The second-order valence-corrected chi connectivity index (χ2v) is 5.86. The zero-order chi connectivity index (χ0) is 17.3. The van der Waals surface area contributed by atoms with Crippen LogP contribution in [0.4, 0.5) is 0 Å². The summed E-state index contributed by atoms with van der Waals surface area (Å²) in [5.74, 6) is 4.05. The molecule has 0 amide bonds. The van der Waals surface area contributed by atoms with E-state index in [9.17, 15) is 0 Å². The Bertz CT molecular complexity index is 972. The fourth-order valence-corrected chi connectivity index (χ4v) is 2.93. The van der Waals surface area contributed by atoms with Crippen LogP contribution >= 0.6 is 0 Å². The van der Waals surface area contributed by atoms with E-state index in [0.29, 0.717) is 30.6 Å². The molecule has 3 heterocycles. The summed E-state index contributed by atoms with van der Waals surface area (Å²) >= 11 is 0. The minimum Gasteiger partial charge on any atom is -0.486 e. The minimum absolute atomic E-state index is 0.258. The summed E-state index contributed by atoms with van der Waals surface area (Å²) in [6, 6.07) is 15.1. The lowest BCUT2D eigenvalue weighted by Crippen LogP contribution is -2.15. The Morgan fingerprint density at radius 2 is 1.42 bits per heavy atom. The molecule has 2 aliphatic heterocycles. The van der Waals surface area contributed by atoms with E-state index in [1.54, 1.807) is 6.20 Å². The second kappa shape index (κ2) is 6.15. The lowest BCUT2D eigenvalue weighted by atomic mass is 10.1. The zero-order valence-corrected chi connectivity index (χ0v) is 13.8. The summed E-state index contributed by atoms with van der Waals surface area (Å²) in [5.41, 5.74) is 1.98. The predicted octanol–water partition coefficient (Wildman–Crippen LogP) is 4.04. The van der Waals surface area contributed by atoms with Crippen LogP contribution in [0.15, 0.2) is 54.7 Å². The van der Waals surface area contributed by atoms with Crippen molar-refractivity contribution >= 4 is 0 Å². The molecule has 26 heavy (non-hydrogen) atoms. The highest BCUT2D eigenvalue weighted by atomic mass is 16.7. The molecule has 0 bridgehead atoms. The van der Waals surface area contributed by atoms with E-state index < -0.39 is 0 Å². The maximum atomic E-state index is 5.90. The van der Waals surface area contributed by atoms with Crippen molar-refractivity contribution in [1.82, 2.24) is 4.98 Å². The SMILES string of the molecule is c1cc(-c2ccc3c(c2)OCO3)cc(Oc2ccc3c(c2)OCCO3)n1. The van der Waals surface area contributed by atoms with Crippen LogP contribution in [-0.2, 0) is 0 Å². The van der Waals surface area contributed by atoms with Crippen molar-refractivity contribution in [3.63, 3.8) is 0 Å². The largest absolute Gasteiger partial charge is 0.486 e. The van der Waals surface area contributed by atoms with Crippen molar-refractivity contribution < 1.29 is 23.7 Å². The van der Waals surface area contributed by atoms with Gasteiger partial charge in [-0.05, 0) is 41.5 Å². The average molecular weight is 349 g/mol. The molecule has 2 aliphatic rings. The summed E-state index contributed by atoms with van der Waals surface area (Å²) in [6.07, 6.45) is 1.72. The lowest BCUT2D eigenvalue weighted by molar-refractivity contribution is 0.171. The molecule has 0 radical (unpaired) electrons. The van der Waals surface area contributed by atoms with E-state index in [2.05, 4.69) is 4.98 Å². The van der Waals surface area contributed by atoms with Gasteiger partial charge in [0.15, 0.2) is 23.0 Å². The smallest absolute Gasteiger partial charge is 0.231 e. The fraction of sp³-hybridized carbons (Fsp3) is 0.150. The second-order valence-electron chi connectivity index (χ2n) is 5.86. The Morgan fingerprint density at radius 3 is 2.38 bits per heavy atom. The molecule has 6 heteroatoms. The lowest BCUT2D eigenvalue weighted by Gasteiger charge is -2.18. The topological polar surface area (TPSA) is 59.0 Å². The van der Waals surface area contributed by atoms with Gasteiger partial charge in [-0.1, -0.05) is 6.07 Å². The maximum Gasteiger partial charge on any atom is 0.231 e. The van der Waals surface area contributed by atoms with Crippen LogP contribution < -0.4 is 23.7 Å². The van der Waals surface area contributed by atoms with E-state index in [-0.39, 0.29) is 6.79 Å². The molecule has 0 atom stereocenters. The number of nitrogens with zero attached hydrogens (tertiary/aromatic N) is 1. The van der Waals surface area contributed by atoms with Gasteiger partial charge in [0, 0.05) is 18.3 Å². The molecule has 0 fully saturated rings. The third kappa shape index (κ3) is 2.75. The molecular formula is C20H15NO5. The summed E-state index contributed by atoms with van der Waals surface area (Å²) in [5, 5.41) is 0. The van der Waals surface area contributed by atoms with Crippen LogP contribution in [0.2, 0.25) is 0 Å². The monoisotopic (exact) mass is 349 g/mol. The number of hydrogen-bond donors (Lipinski definition) is 0. The van der Waals surface area contributed by atoms with Crippen LogP contribution in [0.25, 0.3) is 11.1 Å². The van der Waals surface area contributed by atoms with E-state index >= 15 is 0 Å². The van der Waals surface area contributed by atoms with Gasteiger partial charge in [0.1, 0.15) is 19.0 Å². The highest BCUT2D eigenvalue weighted by Gasteiger charge is 2.15. The molecule has 0 N–H and O–H groups in total. The molecular weight excluding hydrogens is 334 g/mol. The number of fused-ring (bicyclic) bond motifs is 2. The summed E-state index contributed by atoms with van der Waals surface area (Å²) in [4.78, 5) is 4.29. The molecule has 5 rings (SSSR count). The first-order valence-electron chi connectivity index (χ1n) is 8.29. The minimum atomic E-state index is 0.258. The molecule has 3 aromatic rings. The fourth-order valence-electron chi connectivity index (χ4n) is 2.93. The van der Waals surface area contributed by atoms with Gasteiger partial charge in [-0.15, -0.1) is 0 Å². The van der Waals surface area contributed by atoms with Crippen LogP contribution in [0.3, 0.4) is 0 Å². The van der Waals surface area contributed by atoms with Gasteiger partial charge in [-0.25, -0.2) is 4.98 Å². The number of benzene rings is 2. The first-order valence-corrected chi connectivity index (χ1v) is 8.29. The molecule has 6 nitrogen and oxygen atoms in total. The van der Waals surface area contributed by atoms with E-state index in [4.69, 9.17) is 23.7 Å². The first kappa shape index (κ1) is 14.9. The van der Waals surface area contributed by atoms with Gasteiger partial charge in [0.05, 0.1) is 0 Å². The quantitative estimate of drug-likeness (QED) is 0.711. The predicted molar refractivity (Wildman–Crippen MR) is 93.3 cm³/mol. The van der Waals surface area contributed by atoms with Crippen molar-refractivity contribution in [1.29, 1.82) is 0 Å². The Kier molecular flexibility index (Phi) is 3.52. The highest BCUT2D eigenvalue weighted by molar-refractivity contribution is 5.68. The van der Waals surface area contributed by atoms with Gasteiger partial charge in [-0.3, -0.25) is 0 Å². The van der Waals surface area contributed by atoms with Crippen LogP contribution in [0.5, 0.6) is 34.6 Å². The Balaban J connectivity index is 1.41. The Morgan fingerprint density at radius 1 is 0.692 bits per heavy atom. The Hall–Kier alpha value is -3.41. The van der Waals surface area contributed by atoms with Crippen molar-refractivity contribution in [2.24, 2.45) is 0 Å². The van der Waals surface area contributed by atoms with Crippen LogP contribution in [0, 0.1) is 0 Å². The first-order chi connectivity index (χ1) is 12.8. The molecule has 2 aromatic carbocycles. The van der Waals surface area contributed by atoms with Gasteiger partial charge >= 0.3 is 0 Å². The molecule has 130 valence electrons. The summed E-state index contributed by atoms with van der Waals surface area (Å²) in [7, 11) is 0. The normalized spacial score (nSPS) is 14.2. The number of rotatable bonds is 3. The van der Waals surface area contributed by atoms with Crippen LogP contribution in [0.1, 0.15) is 0 Å². The molecule has 0 spiro atoms. The van der Waals surface area contributed by atoms with Crippen molar-refractivity contribution in [2.75, 3.05) is 20.0 Å². The van der Waals surface area contributed by atoms with E-state index in [0.717, 1.165) is 28.4 Å². The standard InChI is InChI=1S/C20H15NO5/c1-3-17-18(25-12-24-17)9-13(1)14-5-6-21-20(10-14)26-15-2-4-16-19(11-15)23-8-7-22-16/h1-6,9-11H,7-8,12H2. The molecule has 0 saturated carbocycles. The summed E-state index contributed by atoms with van der Waals surface area (Å²) < 4.78 is 27.8. The third-order valence-corrected chi connectivity index (χ3v) is 4.18. The number of aromatic nitrogens is 1. The molecule has 0 aliphatic carbocycles. The number of ether oxygens (including phenoxy) is 5. The van der Waals surface area contributed by atoms with Crippen molar-refractivity contribution in [2.45, 2.75) is 0 Å². The van der Waals surface area contributed by atoms with Crippen LogP contribution in [-0.4, -0.2) is 25.0 Å². The molecule has 1 aromatic heterocycles. The van der Waals surface area contributed by atoms with Gasteiger partial charge in [0.25, 0.3) is 0 Å². The third-order valence-electron chi connectivity index (χ3n) is 4.18. The number of pyridine rings is 1.